The summed E-state index contributed by atoms with van der Waals surface area (Å²) in [6, 6.07) is 12.6. The molecule has 0 radical (unpaired) electrons. The molecule has 0 aliphatic heterocycles. The number of carbonyl (C=O) groups is 2. The number of hydrogen-bond donors (Lipinski definition) is 0. The Morgan fingerprint density at radius 1 is 1.17 bits per heavy atom. The van der Waals surface area contributed by atoms with Gasteiger partial charge >= 0.3 is 5.97 Å². The van der Waals surface area contributed by atoms with Gasteiger partial charge in [0.1, 0.15) is 0 Å². The number of pyridine rings is 1. The molecule has 120 valence electrons. The van der Waals surface area contributed by atoms with Crippen LogP contribution in [0.4, 0.5) is 0 Å². The molecule has 0 aliphatic carbocycles. The fourth-order valence-electron chi connectivity index (χ4n) is 2.04. The number of benzene rings is 1. The van der Waals surface area contributed by atoms with Gasteiger partial charge in [-0.1, -0.05) is 22.0 Å². The second kappa shape index (κ2) is 8.43. The van der Waals surface area contributed by atoms with E-state index >= 15 is 0 Å². The van der Waals surface area contributed by atoms with E-state index in [0.717, 1.165) is 10.2 Å². The predicted molar refractivity (Wildman–Crippen MR) is 89.8 cm³/mol. The Kier molecular flexibility index (Phi) is 6.29. The molecule has 1 aromatic carbocycles. The molecule has 0 fully saturated rings. The Hall–Kier alpha value is -2.21. The van der Waals surface area contributed by atoms with E-state index in [-0.39, 0.29) is 24.8 Å². The lowest BCUT2D eigenvalue weighted by Crippen LogP contribution is -2.33. The number of esters is 1. The van der Waals surface area contributed by atoms with Gasteiger partial charge in [0.15, 0.2) is 0 Å². The lowest BCUT2D eigenvalue weighted by molar-refractivity contribution is -0.140. The summed E-state index contributed by atoms with van der Waals surface area (Å²) >= 11 is 3.35. The van der Waals surface area contributed by atoms with Crippen LogP contribution in [-0.2, 0) is 16.1 Å². The lowest BCUT2D eigenvalue weighted by Gasteiger charge is -2.22. The predicted octanol–water partition coefficient (Wildman–Crippen LogP) is 3.05. The highest BCUT2D eigenvalue weighted by Gasteiger charge is 2.18. The van der Waals surface area contributed by atoms with Crippen LogP contribution in [0.2, 0.25) is 0 Å². The van der Waals surface area contributed by atoms with Crippen molar-refractivity contribution in [3.63, 3.8) is 0 Å². The van der Waals surface area contributed by atoms with E-state index in [1.54, 1.807) is 23.2 Å². The quantitative estimate of drug-likeness (QED) is 0.726. The summed E-state index contributed by atoms with van der Waals surface area (Å²) in [5.41, 5.74) is 1.33. The molecule has 0 unspecified atom stereocenters. The largest absolute Gasteiger partial charge is 0.469 e. The molecule has 0 aliphatic rings. The number of amides is 1. The molecule has 0 spiro atoms. The van der Waals surface area contributed by atoms with Crippen molar-refractivity contribution in [3.05, 3.63) is 64.4 Å². The first-order chi connectivity index (χ1) is 11.1. The highest BCUT2D eigenvalue weighted by Crippen LogP contribution is 2.14. The van der Waals surface area contributed by atoms with Crippen molar-refractivity contribution in [1.82, 2.24) is 9.88 Å². The number of carbonyl (C=O) groups excluding carboxylic acids is 2. The summed E-state index contributed by atoms with van der Waals surface area (Å²) in [4.78, 5) is 29.9. The molecule has 2 rings (SSSR count). The Morgan fingerprint density at radius 3 is 2.52 bits per heavy atom. The highest BCUT2D eigenvalue weighted by atomic mass is 79.9. The topological polar surface area (TPSA) is 59.5 Å². The van der Waals surface area contributed by atoms with Gasteiger partial charge in [-0.3, -0.25) is 14.6 Å². The minimum atomic E-state index is -0.348. The number of ether oxygens (including phenoxy) is 1. The molecule has 0 N–H and O–H groups in total. The van der Waals surface area contributed by atoms with Gasteiger partial charge in [0.2, 0.25) is 0 Å². The van der Waals surface area contributed by atoms with Crippen LogP contribution in [0, 0.1) is 0 Å². The fourth-order valence-corrected chi connectivity index (χ4v) is 2.31. The van der Waals surface area contributed by atoms with Crippen LogP contribution in [0.3, 0.4) is 0 Å². The molecule has 1 aromatic heterocycles. The van der Waals surface area contributed by atoms with Gasteiger partial charge in [0.05, 0.1) is 25.8 Å². The van der Waals surface area contributed by atoms with Crippen LogP contribution < -0.4 is 0 Å². The first-order valence-corrected chi connectivity index (χ1v) is 7.91. The normalized spacial score (nSPS) is 10.2. The SMILES string of the molecule is COC(=O)CCN(Cc1ccccn1)C(=O)c1ccc(Br)cc1. The minimum absolute atomic E-state index is 0.144. The van der Waals surface area contributed by atoms with E-state index in [1.165, 1.54) is 7.11 Å². The van der Waals surface area contributed by atoms with E-state index in [9.17, 15) is 9.59 Å². The third-order valence-corrected chi connectivity index (χ3v) is 3.80. The molecular formula is C17H17BrN2O3. The van der Waals surface area contributed by atoms with Crippen molar-refractivity contribution in [1.29, 1.82) is 0 Å². The summed E-state index contributed by atoms with van der Waals surface area (Å²) < 4.78 is 5.56. The zero-order chi connectivity index (χ0) is 16.7. The Bertz CT molecular complexity index is 659. The third-order valence-electron chi connectivity index (χ3n) is 3.27. The Labute approximate surface area is 143 Å². The maximum absolute atomic E-state index is 12.7. The number of methoxy groups -OCH3 is 1. The summed E-state index contributed by atoms with van der Waals surface area (Å²) in [6.07, 6.45) is 1.82. The summed E-state index contributed by atoms with van der Waals surface area (Å²) in [5.74, 6) is -0.494. The molecule has 0 saturated heterocycles. The van der Waals surface area contributed by atoms with Crippen LogP contribution in [0.1, 0.15) is 22.5 Å². The summed E-state index contributed by atoms with van der Waals surface area (Å²) in [5, 5.41) is 0. The van der Waals surface area contributed by atoms with E-state index in [1.807, 2.05) is 30.3 Å². The first kappa shape index (κ1) is 17.1. The van der Waals surface area contributed by atoms with Crippen molar-refractivity contribution in [2.24, 2.45) is 0 Å². The number of hydrogen-bond acceptors (Lipinski definition) is 4. The molecule has 6 heteroatoms. The zero-order valence-corrected chi connectivity index (χ0v) is 14.3. The maximum atomic E-state index is 12.7. The van der Waals surface area contributed by atoms with Gasteiger partial charge in [0, 0.05) is 22.8 Å². The van der Waals surface area contributed by atoms with Crippen molar-refractivity contribution >= 4 is 27.8 Å². The molecule has 0 atom stereocenters. The average molecular weight is 377 g/mol. The van der Waals surface area contributed by atoms with Gasteiger partial charge in [-0.15, -0.1) is 0 Å². The third kappa shape index (κ3) is 5.17. The number of nitrogens with zero attached hydrogens (tertiary/aromatic N) is 2. The lowest BCUT2D eigenvalue weighted by atomic mass is 10.2. The van der Waals surface area contributed by atoms with Crippen LogP contribution >= 0.6 is 15.9 Å². The van der Waals surface area contributed by atoms with Gasteiger partial charge in [-0.25, -0.2) is 0 Å². The van der Waals surface area contributed by atoms with Gasteiger partial charge < -0.3 is 9.64 Å². The zero-order valence-electron chi connectivity index (χ0n) is 12.7. The second-order valence-electron chi connectivity index (χ2n) is 4.88. The molecule has 0 bridgehead atoms. The van der Waals surface area contributed by atoms with Crippen LogP contribution in [-0.4, -0.2) is 35.4 Å². The van der Waals surface area contributed by atoms with Crippen LogP contribution in [0.5, 0.6) is 0 Å². The van der Waals surface area contributed by atoms with Gasteiger partial charge in [0.25, 0.3) is 5.91 Å². The minimum Gasteiger partial charge on any atom is -0.469 e. The van der Waals surface area contributed by atoms with Crippen molar-refractivity contribution in [2.75, 3.05) is 13.7 Å². The molecule has 5 nitrogen and oxygen atoms in total. The first-order valence-electron chi connectivity index (χ1n) is 7.11. The summed E-state index contributed by atoms with van der Waals surface area (Å²) in [7, 11) is 1.34. The number of aromatic nitrogens is 1. The van der Waals surface area contributed by atoms with E-state index in [0.29, 0.717) is 12.1 Å². The standard InChI is InChI=1S/C17H17BrN2O3/c1-23-16(21)9-11-20(12-15-4-2-3-10-19-15)17(22)13-5-7-14(18)8-6-13/h2-8,10H,9,11-12H2,1H3. The molecule has 0 saturated carbocycles. The van der Waals surface area contributed by atoms with Crippen molar-refractivity contribution < 1.29 is 14.3 Å². The van der Waals surface area contributed by atoms with E-state index in [2.05, 4.69) is 25.7 Å². The molecule has 1 amide bonds. The molecular weight excluding hydrogens is 360 g/mol. The Balaban J connectivity index is 2.15. The van der Waals surface area contributed by atoms with Gasteiger partial charge in [-0.2, -0.15) is 0 Å². The molecule has 2 aromatic rings. The highest BCUT2D eigenvalue weighted by molar-refractivity contribution is 9.10. The van der Waals surface area contributed by atoms with E-state index < -0.39 is 0 Å². The summed E-state index contributed by atoms with van der Waals surface area (Å²) in [6.45, 7) is 0.616. The second-order valence-corrected chi connectivity index (χ2v) is 5.80. The monoisotopic (exact) mass is 376 g/mol. The molecule has 1 heterocycles. The number of rotatable bonds is 6. The van der Waals surface area contributed by atoms with Crippen molar-refractivity contribution in [2.45, 2.75) is 13.0 Å². The van der Waals surface area contributed by atoms with Gasteiger partial charge in [-0.05, 0) is 36.4 Å². The van der Waals surface area contributed by atoms with E-state index in [4.69, 9.17) is 0 Å². The smallest absolute Gasteiger partial charge is 0.307 e. The maximum Gasteiger partial charge on any atom is 0.307 e. The average Bonchev–Trinajstić information content (AvgIpc) is 2.59. The van der Waals surface area contributed by atoms with Crippen LogP contribution in [0.15, 0.2) is 53.1 Å². The van der Waals surface area contributed by atoms with Crippen molar-refractivity contribution in [3.8, 4) is 0 Å². The Morgan fingerprint density at radius 2 is 1.91 bits per heavy atom. The van der Waals surface area contributed by atoms with Crippen LogP contribution in [0.25, 0.3) is 0 Å². The molecule has 23 heavy (non-hydrogen) atoms. The number of halogens is 1. The fraction of sp³-hybridized carbons (Fsp3) is 0.235.